The molecule has 0 atom stereocenters. The first-order chi connectivity index (χ1) is 14.5. The quantitative estimate of drug-likeness (QED) is 0.664. The minimum Gasteiger partial charge on any atom is -0.349 e. The molecular formula is C24H18ClN3O2. The van der Waals surface area contributed by atoms with Crippen LogP contribution < -0.4 is 10.6 Å². The number of halogens is 1. The van der Waals surface area contributed by atoms with E-state index in [4.69, 9.17) is 16.9 Å². The second kappa shape index (κ2) is 8.40. The highest BCUT2D eigenvalue weighted by atomic mass is 35.5. The molecule has 0 saturated carbocycles. The van der Waals surface area contributed by atoms with Crippen LogP contribution in [0.2, 0.25) is 5.02 Å². The van der Waals surface area contributed by atoms with Crippen LogP contribution in [0.3, 0.4) is 0 Å². The van der Waals surface area contributed by atoms with Crippen molar-refractivity contribution in [3.05, 3.63) is 99.6 Å². The SMILES string of the molecule is N#Cc1cccc(C(=O)Nc2ccc(Cl)cc2C(=O)NC2Cc3ccccc3C2)c1. The van der Waals surface area contributed by atoms with Gasteiger partial charge in [0.2, 0.25) is 0 Å². The Bertz CT molecular complexity index is 1160. The number of hydrogen-bond donors (Lipinski definition) is 2. The monoisotopic (exact) mass is 415 g/mol. The van der Waals surface area contributed by atoms with Crippen molar-refractivity contribution in [3.8, 4) is 6.07 Å². The van der Waals surface area contributed by atoms with Crippen LogP contribution in [-0.2, 0) is 12.8 Å². The van der Waals surface area contributed by atoms with E-state index in [1.165, 1.54) is 17.2 Å². The molecule has 3 aromatic carbocycles. The Labute approximate surface area is 179 Å². The van der Waals surface area contributed by atoms with Gasteiger partial charge in [-0.05, 0) is 60.4 Å². The fraction of sp³-hybridized carbons (Fsp3) is 0.125. The highest BCUT2D eigenvalue weighted by molar-refractivity contribution is 6.31. The Morgan fingerprint density at radius 2 is 1.67 bits per heavy atom. The van der Waals surface area contributed by atoms with Gasteiger partial charge in [0.1, 0.15) is 0 Å². The van der Waals surface area contributed by atoms with Crippen molar-refractivity contribution < 1.29 is 9.59 Å². The van der Waals surface area contributed by atoms with Crippen molar-refractivity contribution in [2.24, 2.45) is 0 Å². The zero-order valence-electron chi connectivity index (χ0n) is 16.0. The van der Waals surface area contributed by atoms with E-state index in [-0.39, 0.29) is 11.9 Å². The molecule has 4 rings (SSSR count). The average Bonchev–Trinajstić information content (AvgIpc) is 3.17. The zero-order valence-corrected chi connectivity index (χ0v) is 16.7. The van der Waals surface area contributed by atoms with Crippen LogP contribution in [0.15, 0.2) is 66.7 Å². The van der Waals surface area contributed by atoms with Gasteiger partial charge in [-0.3, -0.25) is 9.59 Å². The van der Waals surface area contributed by atoms with Crippen LogP contribution in [0, 0.1) is 11.3 Å². The lowest BCUT2D eigenvalue weighted by Crippen LogP contribution is -2.35. The molecule has 0 spiro atoms. The van der Waals surface area contributed by atoms with Gasteiger partial charge in [-0.2, -0.15) is 5.26 Å². The number of fused-ring (bicyclic) bond motifs is 1. The number of rotatable bonds is 4. The summed E-state index contributed by atoms with van der Waals surface area (Å²) < 4.78 is 0. The number of nitrogens with one attached hydrogen (secondary N) is 2. The Balaban J connectivity index is 1.52. The molecule has 2 N–H and O–H groups in total. The standard InChI is InChI=1S/C24H18ClN3O2/c25-19-8-9-22(28-23(29)18-7-3-4-15(10-18)14-26)21(13-19)24(30)27-20-11-16-5-1-2-6-17(16)12-20/h1-10,13,20H,11-12H2,(H,27,30)(H,28,29). The second-order valence-corrected chi connectivity index (χ2v) is 7.62. The van der Waals surface area contributed by atoms with Gasteiger partial charge in [-0.1, -0.05) is 41.9 Å². The summed E-state index contributed by atoms with van der Waals surface area (Å²) in [6.07, 6.45) is 1.54. The molecule has 0 unspecified atom stereocenters. The number of carbonyl (C=O) groups excluding carboxylic acids is 2. The summed E-state index contributed by atoms with van der Waals surface area (Å²) in [4.78, 5) is 25.6. The fourth-order valence-corrected chi connectivity index (χ4v) is 3.83. The van der Waals surface area contributed by atoms with Gasteiger partial charge in [0.25, 0.3) is 11.8 Å². The fourth-order valence-electron chi connectivity index (χ4n) is 3.66. The molecule has 1 aliphatic rings. The highest BCUT2D eigenvalue weighted by Gasteiger charge is 2.24. The third-order valence-electron chi connectivity index (χ3n) is 5.11. The molecule has 1 aliphatic carbocycles. The first kappa shape index (κ1) is 19.7. The molecule has 0 heterocycles. The lowest BCUT2D eigenvalue weighted by atomic mass is 10.1. The number of amides is 2. The van der Waals surface area contributed by atoms with E-state index in [2.05, 4.69) is 22.8 Å². The van der Waals surface area contributed by atoms with Gasteiger partial charge in [-0.25, -0.2) is 0 Å². The number of anilines is 1. The molecule has 0 radical (unpaired) electrons. The Hall–Kier alpha value is -3.62. The van der Waals surface area contributed by atoms with Gasteiger partial charge >= 0.3 is 0 Å². The predicted molar refractivity (Wildman–Crippen MR) is 116 cm³/mol. The van der Waals surface area contributed by atoms with Crippen LogP contribution in [-0.4, -0.2) is 17.9 Å². The van der Waals surface area contributed by atoms with Crippen LogP contribution >= 0.6 is 11.6 Å². The minimum atomic E-state index is -0.406. The van der Waals surface area contributed by atoms with Crippen LogP contribution in [0.1, 0.15) is 37.4 Å². The normalized spacial score (nSPS) is 12.7. The number of carbonyl (C=O) groups is 2. The van der Waals surface area contributed by atoms with E-state index in [9.17, 15) is 9.59 Å². The van der Waals surface area contributed by atoms with Crippen molar-refractivity contribution in [2.45, 2.75) is 18.9 Å². The summed E-state index contributed by atoms with van der Waals surface area (Å²) in [5.74, 6) is -0.701. The Kier molecular flexibility index (Phi) is 5.51. The van der Waals surface area contributed by atoms with Gasteiger partial charge < -0.3 is 10.6 Å². The van der Waals surface area contributed by atoms with Gasteiger partial charge in [0.15, 0.2) is 0 Å². The number of hydrogen-bond acceptors (Lipinski definition) is 3. The Morgan fingerprint density at radius 3 is 2.37 bits per heavy atom. The molecule has 0 aliphatic heterocycles. The predicted octanol–water partition coefficient (Wildman–Crippen LogP) is 4.36. The van der Waals surface area contributed by atoms with Gasteiger partial charge in [0, 0.05) is 16.6 Å². The Morgan fingerprint density at radius 1 is 0.933 bits per heavy atom. The molecule has 30 heavy (non-hydrogen) atoms. The van der Waals surface area contributed by atoms with Crippen molar-refractivity contribution in [1.29, 1.82) is 5.26 Å². The molecule has 0 fully saturated rings. The number of nitriles is 1. The van der Waals surface area contributed by atoms with E-state index < -0.39 is 5.91 Å². The lowest BCUT2D eigenvalue weighted by Gasteiger charge is -2.15. The molecule has 0 bridgehead atoms. The summed E-state index contributed by atoms with van der Waals surface area (Å²) in [7, 11) is 0. The van der Waals surface area contributed by atoms with Gasteiger partial charge in [-0.15, -0.1) is 0 Å². The lowest BCUT2D eigenvalue weighted by molar-refractivity contribution is 0.0939. The maximum absolute atomic E-state index is 13.0. The summed E-state index contributed by atoms with van der Waals surface area (Å²) in [5.41, 5.74) is 3.85. The summed E-state index contributed by atoms with van der Waals surface area (Å²) >= 11 is 6.11. The van der Waals surface area contributed by atoms with Crippen molar-refractivity contribution in [3.63, 3.8) is 0 Å². The molecule has 6 heteroatoms. The third kappa shape index (κ3) is 4.19. The first-order valence-corrected chi connectivity index (χ1v) is 9.90. The molecule has 5 nitrogen and oxygen atoms in total. The van der Waals surface area contributed by atoms with Crippen LogP contribution in [0.25, 0.3) is 0 Å². The van der Waals surface area contributed by atoms with Crippen molar-refractivity contribution in [1.82, 2.24) is 5.32 Å². The van der Waals surface area contributed by atoms with E-state index >= 15 is 0 Å². The van der Waals surface area contributed by atoms with E-state index in [0.29, 0.717) is 27.4 Å². The third-order valence-corrected chi connectivity index (χ3v) is 5.35. The first-order valence-electron chi connectivity index (χ1n) is 9.52. The highest BCUT2D eigenvalue weighted by Crippen LogP contribution is 2.25. The molecule has 0 aromatic heterocycles. The largest absolute Gasteiger partial charge is 0.349 e. The summed E-state index contributed by atoms with van der Waals surface area (Å²) in [5, 5.41) is 15.2. The topological polar surface area (TPSA) is 82.0 Å². The molecule has 0 saturated heterocycles. The molecule has 3 aromatic rings. The van der Waals surface area contributed by atoms with E-state index in [0.717, 1.165) is 12.8 Å². The zero-order chi connectivity index (χ0) is 21.1. The number of benzene rings is 3. The molecule has 2 amide bonds. The second-order valence-electron chi connectivity index (χ2n) is 7.18. The van der Waals surface area contributed by atoms with Crippen molar-refractivity contribution >= 4 is 29.1 Å². The summed E-state index contributed by atoms with van der Waals surface area (Å²) in [6.45, 7) is 0. The maximum atomic E-state index is 13.0. The molecule has 148 valence electrons. The van der Waals surface area contributed by atoms with E-state index in [1.807, 2.05) is 18.2 Å². The molecular weight excluding hydrogens is 398 g/mol. The summed E-state index contributed by atoms with van der Waals surface area (Å²) in [6, 6.07) is 21.3. The smallest absolute Gasteiger partial charge is 0.255 e. The number of nitrogens with zero attached hydrogens (tertiary/aromatic N) is 1. The van der Waals surface area contributed by atoms with Gasteiger partial charge in [0.05, 0.1) is 22.9 Å². The minimum absolute atomic E-state index is 0.00950. The maximum Gasteiger partial charge on any atom is 0.255 e. The average molecular weight is 416 g/mol. The van der Waals surface area contributed by atoms with Crippen molar-refractivity contribution in [2.75, 3.05) is 5.32 Å². The van der Waals surface area contributed by atoms with Crippen LogP contribution in [0.5, 0.6) is 0 Å². The van der Waals surface area contributed by atoms with E-state index in [1.54, 1.807) is 36.4 Å². The van der Waals surface area contributed by atoms with Crippen LogP contribution in [0.4, 0.5) is 5.69 Å².